The topological polar surface area (TPSA) is 38.3 Å². The molecule has 1 saturated heterocycles. The highest BCUT2D eigenvalue weighted by atomic mass is 16.5. The number of rotatable bonds is 3. The maximum Gasteiger partial charge on any atom is 0.162 e. The molecule has 1 spiro atoms. The SMILES string of the molecule is COCC(=O)C1CC12CCNCC2. The fourth-order valence-electron chi connectivity index (χ4n) is 2.52. The molecule has 1 N–H and O–H groups in total. The van der Waals surface area contributed by atoms with E-state index in [1.807, 2.05) is 0 Å². The second-order valence-electron chi connectivity index (χ2n) is 4.27. The largest absolute Gasteiger partial charge is 0.377 e. The number of Topliss-reactive ketones (excluding diaryl/α,β-unsaturated/α-hetero) is 1. The lowest BCUT2D eigenvalue weighted by atomic mass is 9.91. The molecule has 0 aromatic carbocycles. The Labute approximate surface area is 78.8 Å². The molecule has 0 amide bonds. The van der Waals surface area contributed by atoms with Crippen LogP contribution in [0.15, 0.2) is 0 Å². The van der Waals surface area contributed by atoms with Gasteiger partial charge < -0.3 is 10.1 Å². The Hall–Kier alpha value is -0.410. The van der Waals surface area contributed by atoms with Gasteiger partial charge in [0.1, 0.15) is 6.61 Å². The Morgan fingerprint density at radius 2 is 2.23 bits per heavy atom. The smallest absolute Gasteiger partial charge is 0.162 e. The first-order valence-electron chi connectivity index (χ1n) is 5.01. The van der Waals surface area contributed by atoms with Gasteiger partial charge in [0.2, 0.25) is 0 Å². The Kier molecular flexibility index (Phi) is 2.39. The van der Waals surface area contributed by atoms with E-state index in [4.69, 9.17) is 4.74 Å². The van der Waals surface area contributed by atoms with E-state index < -0.39 is 0 Å². The van der Waals surface area contributed by atoms with Crippen molar-refractivity contribution in [3.05, 3.63) is 0 Å². The van der Waals surface area contributed by atoms with Crippen LogP contribution in [0.4, 0.5) is 0 Å². The van der Waals surface area contributed by atoms with Crippen LogP contribution in [-0.2, 0) is 9.53 Å². The lowest BCUT2D eigenvalue weighted by Gasteiger charge is -2.22. The minimum atomic E-state index is 0.305. The summed E-state index contributed by atoms with van der Waals surface area (Å²) < 4.78 is 4.87. The highest BCUT2D eigenvalue weighted by molar-refractivity contribution is 5.85. The number of hydrogen-bond donors (Lipinski definition) is 1. The molecule has 1 atom stereocenters. The van der Waals surface area contributed by atoms with E-state index in [-0.39, 0.29) is 0 Å². The second-order valence-corrected chi connectivity index (χ2v) is 4.27. The lowest BCUT2D eigenvalue weighted by molar-refractivity contribution is -0.124. The third-order valence-electron chi connectivity index (χ3n) is 3.46. The lowest BCUT2D eigenvalue weighted by Crippen LogP contribution is -2.31. The van der Waals surface area contributed by atoms with Gasteiger partial charge in [-0.15, -0.1) is 0 Å². The maximum atomic E-state index is 11.5. The quantitative estimate of drug-likeness (QED) is 0.696. The normalized spacial score (nSPS) is 30.4. The van der Waals surface area contributed by atoms with Gasteiger partial charge in [-0.25, -0.2) is 0 Å². The standard InChI is InChI=1S/C10H17NO2/c1-13-7-9(12)8-6-10(8)2-4-11-5-3-10/h8,11H,2-7H2,1H3. The Bertz CT molecular complexity index is 209. The van der Waals surface area contributed by atoms with Crippen LogP contribution in [0.25, 0.3) is 0 Å². The first-order chi connectivity index (χ1) is 6.28. The van der Waals surface area contributed by atoms with Crippen LogP contribution in [0, 0.1) is 11.3 Å². The van der Waals surface area contributed by atoms with E-state index in [1.54, 1.807) is 7.11 Å². The van der Waals surface area contributed by atoms with E-state index >= 15 is 0 Å². The Morgan fingerprint density at radius 3 is 2.85 bits per heavy atom. The summed E-state index contributed by atoms with van der Waals surface area (Å²) >= 11 is 0. The zero-order valence-electron chi connectivity index (χ0n) is 8.14. The fraction of sp³-hybridized carbons (Fsp3) is 0.900. The van der Waals surface area contributed by atoms with Gasteiger partial charge in [-0.3, -0.25) is 4.79 Å². The van der Waals surface area contributed by atoms with E-state index in [0.717, 1.165) is 19.5 Å². The van der Waals surface area contributed by atoms with Crippen LogP contribution in [0.2, 0.25) is 0 Å². The molecule has 13 heavy (non-hydrogen) atoms. The minimum absolute atomic E-state index is 0.305. The van der Waals surface area contributed by atoms with Gasteiger partial charge in [0, 0.05) is 13.0 Å². The van der Waals surface area contributed by atoms with Crippen LogP contribution in [0.1, 0.15) is 19.3 Å². The molecule has 1 unspecified atom stereocenters. The van der Waals surface area contributed by atoms with Gasteiger partial charge in [0.25, 0.3) is 0 Å². The minimum Gasteiger partial charge on any atom is -0.377 e. The van der Waals surface area contributed by atoms with E-state index in [9.17, 15) is 4.79 Å². The van der Waals surface area contributed by atoms with Crippen molar-refractivity contribution in [3.8, 4) is 0 Å². The Balaban J connectivity index is 1.88. The van der Waals surface area contributed by atoms with Crippen LogP contribution in [0.3, 0.4) is 0 Å². The zero-order valence-corrected chi connectivity index (χ0v) is 8.14. The van der Waals surface area contributed by atoms with Gasteiger partial charge in [-0.2, -0.15) is 0 Å². The number of hydrogen-bond acceptors (Lipinski definition) is 3. The van der Waals surface area contributed by atoms with Gasteiger partial charge in [-0.05, 0) is 37.8 Å². The fourth-order valence-corrected chi connectivity index (χ4v) is 2.52. The summed E-state index contributed by atoms with van der Waals surface area (Å²) in [6, 6.07) is 0. The number of piperidine rings is 1. The summed E-state index contributed by atoms with van der Waals surface area (Å²) in [6.45, 7) is 2.47. The predicted molar refractivity (Wildman–Crippen MR) is 49.5 cm³/mol. The van der Waals surface area contributed by atoms with Crippen molar-refractivity contribution in [2.45, 2.75) is 19.3 Å². The number of nitrogens with one attached hydrogen (secondary N) is 1. The Morgan fingerprint density at radius 1 is 1.54 bits per heavy atom. The molecule has 0 radical (unpaired) electrons. The van der Waals surface area contributed by atoms with Gasteiger partial charge in [-0.1, -0.05) is 0 Å². The number of carbonyl (C=O) groups is 1. The van der Waals surface area contributed by atoms with Crippen molar-refractivity contribution in [1.29, 1.82) is 0 Å². The summed E-state index contributed by atoms with van der Waals surface area (Å²) in [5.41, 5.74) is 0.376. The molecule has 1 aliphatic heterocycles. The number of carbonyl (C=O) groups excluding carboxylic acids is 1. The first-order valence-corrected chi connectivity index (χ1v) is 5.01. The molecule has 3 heteroatoms. The van der Waals surface area contributed by atoms with E-state index in [1.165, 1.54) is 12.8 Å². The predicted octanol–water partition coefficient (Wildman–Crippen LogP) is 0.592. The molecule has 2 rings (SSSR count). The molecular weight excluding hydrogens is 166 g/mol. The van der Waals surface area contributed by atoms with Gasteiger partial charge >= 0.3 is 0 Å². The molecule has 1 saturated carbocycles. The molecule has 74 valence electrons. The number of ketones is 1. The van der Waals surface area contributed by atoms with Crippen molar-refractivity contribution in [3.63, 3.8) is 0 Å². The number of methoxy groups -OCH3 is 1. The van der Waals surface area contributed by atoms with Crippen molar-refractivity contribution in [2.24, 2.45) is 11.3 Å². The van der Waals surface area contributed by atoms with Gasteiger partial charge in [0.15, 0.2) is 5.78 Å². The third-order valence-corrected chi connectivity index (χ3v) is 3.46. The van der Waals surface area contributed by atoms with E-state index in [0.29, 0.717) is 23.7 Å². The molecule has 1 heterocycles. The highest BCUT2D eigenvalue weighted by Gasteiger charge is 2.56. The van der Waals surface area contributed by atoms with Crippen molar-refractivity contribution in [1.82, 2.24) is 5.32 Å². The average molecular weight is 183 g/mol. The highest BCUT2D eigenvalue weighted by Crippen LogP contribution is 2.58. The molecule has 0 bridgehead atoms. The average Bonchev–Trinajstić information content (AvgIpc) is 2.81. The summed E-state index contributed by atoms with van der Waals surface area (Å²) in [4.78, 5) is 11.5. The summed E-state index contributed by atoms with van der Waals surface area (Å²) in [7, 11) is 1.59. The van der Waals surface area contributed by atoms with Crippen LogP contribution >= 0.6 is 0 Å². The van der Waals surface area contributed by atoms with Gasteiger partial charge in [0.05, 0.1) is 0 Å². The van der Waals surface area contributed by atoms with E-state index in [2.05, 4.69) is 5.32 Å². The molecular formula is C10H17NO2. The van der Waals surface area contributed by atoms with Crippen molar-refractivity contribution in [2.75, 3.05) is 26.8 Å². The van der Waals surface area contributed by atoms with Crippen LogP contribution in [-0.4, -0.2) is 32.6 Å². The first kappa shape index (κ1) is 9.16. The van der Waals surface area contributed by atoms with Crippen molar-refractivity contribution < 1.29 is 9.53 Å². The third kappa shape index (κ3) is 1.63. The number of ether oxygens (including phenoxy) is 1. The van der Waals surface area contributed by atoms with Crippen LogP contribution in [0.5, 0.6) is 0 Å². The zero-order chi connectivity index (χ0) is 9.31. The molecule has 2 fully saturated rings. The molecule has 3 nitrogen and oxygen atoms in total. The molecule has 2 aliphatic rings. The van der Waals surface area contributed by atoms with Crippen molar-refractivity contribution >= 4 is 5.78 Å². The molecule has 0 aromatic heterocycles. The summed E-state index contributed by atoms with van der Waals surface area (Å²) in [5, 5.41) is 3.33. The summed E-state index contributed by atoms with van der Waals surface area (Å²) in [6.07, 6.45) is 3.46. The monoisotopic (exact) mass is 183 g/mol. The molecule has 1 aliphatic carbocycles. The second kappa shape index (κ2) is 3.39. The maximum absolute atomic E-state index is 11.5. The summed E-state index contributed by atoms with van der Waals surface area (Å²) in [5.74, 6) is 0.624. The molecule has 0 aromatic rings. The van der Waals surface area contributed by atoms with Crippen LogP contribution < -0.4 is 5.32 Å².